The number of rotatable bonds is 6. The minimum Gasteiger partial charge on any atom is -0.507 e. The third-order valence-electron chi connectivity index (χ3n) is 6.68. The van der Waals surface area contributed by atoms with E-state index in [1.165, 1.54) is 4.90 Å². The number of fused-ring (bicyclic) bond motifs is 1. The Bertz CT molecular complexity index is 1500. The molecule has 1 heterocycles. The summed E-state index contributed by atoms with van der Waals surface area (Å²) in [6, 6.07) is 27.4. The molecular formula is C32H29NO4. The van der Waals surface area contributed by atoms with E-state index in [9.17, 15) is 14.7 Å². The lowest BCUT2D eigenvalue weighted by molar-refractivity contribution is -0.132. The van der Waals surface area contributed by atoms with Crippen LogP contribution in [0.25, 0.3) is 16.5 Å². The molecule has 4 aromatic carbocycles. The first-order valence-electron chi connectivity index (χ1n) is 12.5. The number of ether oxygens (including phenoxy) is 1. The molecule has 186 valence electrons. The van der Waals surface area contributed by atoms with E-state index in [-0.39, 0.29) is 17.4 Å². The molecule has 37 heavy (non-hydrogen) atoms. The number of hydrogen-bond acceptors (Lipinski definition) is 4. The first-order chi connectivity index (χ1) is 17.9. The molecule has 1 fully saturated rings. The van der Waals surface area contributed by atoms with E-state index in [1.807, 2.05) is 74.5 Å². The number of carbonyl (C=O) groups is 2. The SMILES string of the molecule is CCc1ccc(C2/C(=C(/O)c3cccc4ccccc34)C(=O)C(=O)N2c2ccc(OC(C)C)cc2)cc1. The number of carbonyl (C=O) groups excluding carboxylic acids is 2. The van der Waals surface area contributed by atoms with Gasteiger partial charge in [0.1, 0.15) is 11.5 Å². The Morgan fingerprint density at radius 2 is 1.57 bits per heavy atom. The number of hydrogen-bond donors (Lipinski definition) is 1. The van der Waals surface area contributed by atoms with Crippen molar-refractivity contribution in [2.45, 2.75) is 39.3 Å². The topological polar surface area (TPSA) is 66.8 Å². The summed E-state index contributed by atoms with van der Waals surface area (Å²) in [5.41, 5.74) is 3.05. The van der Waals surface area contributed by atoms with Gasteiger partial charge in [-0.3, -0.25) is 14.5 Å². The second-order valence-corrected chi connectivity index (χ2v) is 9.45. The van der Waals surface area contributed by atoms with Crippen molar-refractivity contribution in [1.29, 1.82) is 0 Å². The van der Waals surface area contributed by atoms with Gasteiger partial charge in [-0.25, -0.2) is 0 Å². The number of aliphatic hydroxyl groups is 1. The van der Waals surface area contributed by atoms with Gasteiger partial charge in [-0.15, -0.1) is 0 Å². The molecule has 4 aromatic rings. The maximum absolute atomic E-state index is 13.5. The second kappa shape index (κ2) is 9.94. The van der Waals surface area contributed by atoms with Crippen molar-refractivity contribution in [1.82, 2.24) is 0 Å². The minimum atomic E-state index is -0.776. The van der Waals surface area contributed by atoms with Crippen LogP contribution in [0.4, 0.5) is 5.69 Å². The predicted octanol–water partition coefficient (Wildman–Crippen LogP) is 6.82. The van der Waals surface area contributed by atoms with Crippen LogP contribution in [0.1, 0.15) is 43.5 Å². The van der Waals surface area contributed by atoms with Crippen LogP contribution in [0.2, 0.25) is 0 Å². The highest BCUT2D eigenvalue weighted by Crippen LogP contribution is 2.43. The summed E-state index contributed by atoms with van der Waals surface area (Å²) in [6.07, 6.45) is 0.881. The predicted molar refractivity (Wildman–Crippen MR) is 147 cm³/mol. The van der Waals surface area contributed by atoms with Crippen molar-refractivity contribution >= 4 is 33.9 Å². The molecule has 1 aliphatic heterocycles. The molecule has 0 radical (unpaired) electrons. The summed E-state index contributed by atoms with van der Waals surface area (Å²) in [6.45, 7) is 5.96. The molecule has 1 amide bonds. The van der Waals surface area contributed by atoms with Gasteiger partial charge in [0.15, 0.2) is 0 Å². The van der Waals surface area contributed by atoms with Crippen LogP contribution in [0, 0.1) is 0 Å². The lowest BCUT2D eigenvalue weighted by atomic mass is 9.92. The lowest BCUT2D eigenvalue weighted by Gasteiger charge is -2.26. The molecule has 0 spiro atoms. The van der Waals surface area contributed by atoms with Gasteiger partial charge >= 0.3 is 0 Å². The largest absolute Gasteiger partial charge is 0.507 e. The molecule has 1 saturated heterocycles. The van der Waals surface area contributed by atoms with Gasteiger partial charge in [0.05, 0.1) is 17.7 Å². The Hall–Kier alpha value is -4.38. The first-order valence-corrected chi connectivity index (χ1v) is 12.5. The molecule has 0 aromatic heterocycles. The fraction of sp³-hybridized carbons (Fsp3) is 0.188. The number of anilines is 1. The summed E-state index contributed by atoms with van der Waals surface area (Å²) in [5, 5.41) is 13.4. The molecule has 1 N–H and O–H groups in total. The number of aryl methyl sites for hydroxylation is 1. The second-order valence-electron chi connectivity index (χ2n) is 9.45. The summed E-state index contributed by atoms with van der Waals surface area (Å²) in [4.78, 5) is 28.5. The minimum absolute atomic E-state index is 0.0119. The van der Waals surface area contributed by atoms with Crippen molar-refractivity contribution < 1.29 is 19.4 Å². The smallest absolute Gasteiger partial charge is 0.300 e. The summed E-state index contributed by atoms with van der Waals surface area (Å²) in [7, 11) is 0. The van der Waals surface area contributed by atoms with Crippen LogP contribution in [0.3, 0.4) is 0 Å². The van der Waals surface area contributed by atoms with Crippen LogP contribution in [0.5, 0.6) is 5.75 Å². The average molecular weight is 492 g/mol. The Labute approximate surface area is 216 Å². The van der Waals surface area contributed by atoms with Gasteiger partial charge in [-0.1, -0.05) is 73.7 Å². The van der Waals surface area contributed by atoms with Gasteiger partial charge in [-0.2, -0.15) is 0 Å². The van der Waals surface area contributed by atoms with E-state index in [2.05, 4.69) is 6.92 Å². The Morgan fingerprint density at radius 1 is 0.892 bits per heavy atom. The van der Waals surface area contributed by atoms with Crippen molar-refractivity contribution in [2.24, 2.45) is 0 Å². The van der Waals surface area contributed by atoms with E-state index < -0.39 is 17.7 Å². The number of benzene rings is 4. The highest BCUT2D eigenvalue weighted by Gasteiger charge is 2.47. The van der Waals surface area contributed by atoms with Crippen LogP contribution in [-0.2, 0) is 16.0 Å². The highest BCUT2D eigenvalue weighted by molar-refractivity contribution is 6.51. The van der Waals surface area contributed by atoms with Crippen LogP contribution < -0.4 is 9.64 Å². The molecule has 1 unspecified atom stereocenters. The molecular weight excluding hydrogens is 462 g/mol. The maximum atomic E-state index is 13.5. The van der Waals surface area contributed by atoms with Gasteiger partial charge in [0.25, 0.3) is 11.7 Å². The van der Waals surface area contributed by atoms with Gasteiger partial charge in [0.2, 0.25) is 0 Å². The van der Waals surface area contributed by atoms with E-state index >= 15 is 0 Å². The van der Waals surface area contributed by atoms with Crippen LogP contribution >= 0.6 is 0 Å². The molecule has 1 aliphatic rings. The van der Waals surface area contributed by atoms with Crippen LogP contribution in [-0.4, -0.2) is 22.9 Å². The number of aliphatic hydroxyl groups excluding tert-OH is 1. The quantitative estimate of drug-likeness (QED) is 0.183. The average Bonchev–Trinajstić information content (AvgIpc) is 3.18. The molecule has 0 saturated carbocycles. The lowest BCUT2D eigenvalue weighted by Crippen LogP contribution is -2.29. The fourth-order valence-electron chi connectivity index (χ4n) is 4.88. The number of nitrogens with zero attached hydrogens (tertiary/aromatic N) is 1. The zero-order chi connectivity index (χ0) is 26.1. The number of Topliss-reactive ketones (excluding diaryl/α,β-unsaturated/α-hetero) is 1. The first kappa shape index (κ1) is 24.3. The van der Waals surface area contributed by atoms with Gasteiger partial charge in [0, 0.05) is 11.3 Å². The summed E-state index contributed by atoms with van der Waals surface area (Å²) < 4.78 is 5.76. The van der Waals surface area contributed by atoms with Crippen molar-refractivity contribution in [3.8, 4) is 5.75 Å². The van der Waals surface area contributed by atoms with E-state index in [0.29, 0.717) is 17.0 Å². The summed E-state index contributed by atoms with van der Waals surface area (Å²) in [5.74, 6) is -0.890. The third-order valence-corrected chi connectivity index (χ3v) is 6.68. The molecule has 5 nitrogen and oxygen atoms in total. The van der Waals surface area contributed by atoms with Gasteiger partial charge in [-0.05, 0) is 66.4 Å². The summed E-state index contributed by atoms with van der Waals surface area (Å²) >= 11 is 0. The zero-order valence-electron chi connectivity index (χ0n) is 21.1. The number of amides is 1. The normalized spacial score (nSPS) is 17.1. The number of ketones is 1. The molecule has 0 aliphatic carbocycles. The Kier molecular flexibility index (Phi) is 6.53. The molecule has 0 bridgehead atoms. The van der Waals surface area contributed by atoms with Gasteiger partial charge < -0.3 is 9.84 Å². The monoisotopic (exact) mass is 491 g/mol. The van der Waals surface area contributed by atoms with Crippen LogP contribution in [0.15, 0.2) is 96.6 Å². The van der Waals surface area contributed by atoms with Crippen molar-refractivity contribution in [3.63, 3.8) is 0 Å². The Balaban J connectivity index is 1.69. The van der Waals surface area contributed by atoms with E-state index in [4.69, 9.17) is 4.74 Å². The highest BCUT2D eigenvalue weighted by atomic mass is 16.5. The van der Waals surface area contributed by atoms with E-state index in [1.54, 1.807) is 30.3 Å². The molecule has 5 heteroatoms. The van der Waals surface area contributed by atoms with Crippen molar-refractivity contribution in [3.05, 3.63) is 113 Å². The third kappa shape index (κ3) is 4.49. The van der Waals surface area contributed by atoms with Crippen molar-refractivity contribution in [2.75, 3.05) is 4.90 Å². The maximum Gasteiger partial charge on any atom is 0.300 e. The molecule has 5 rings (SSSR count). The van der Waals surface area contributed by atoms with E-state index in [0.717, 1.165) is 28.3 Å². The Morgan fingerprint density at radius 3 is 2.24 bits per heavy atom. The fourth-order valence-corrected chi connectivity index (χ4v) is 4.88. The molecule has 1 atom stereocenters. The zero-order valence-corrected chi connectivity index (χ0v) is 21.1. The standard InChI is InChI=1S/C32H29NO4/c1-4-21-12-14-23(15-13-21)29-28(30(34)27-11-7-9-22-8-5-6-10-26(22)27)31(35)32(36)33(29)24-16-18-25(19-17-24)37-20(2)3/h5-20,29,34H,4H2,1-3H3/b30-28-.